The Hall–Kier alpha value is -1.95. The summed E-state index contributed by atoms with van der Waals surface area (Å²) in [5, 5.41) is 0.399. The highest BCUT2D eigenvalue weighted by atomic mass is 19.1. The monoisotopic (exact) mass is 172 g/mol. The molecule has 13 heavy (non-hydrogen) atoms. The minimum Gasteiger partial charge on any atom is -0.268 e. The third-order valence-electron chi connectivity index (χ3n) is 1.82. The maximum absolute atomic E-state index is 13.2. The van der Waals surface area contributed by atoms with Crippen LogP contribution < -0.4 is 0 Å². The quantitative estimate of drug-likeness (QED) is 0.558. The van der Waals surface area contributed by atoms with E-state index in [4.69, 9.17) is 6.57 Å². The van der Waals surface area contributed by atoms with Gasteiger partial charge in [0.15, 0.2) is 0 Å². The van der Waals surface area contributed by atoms with Crippen LogP contribution in [0.25, 0.3) is 15.7 Å². The normalized spacial score (nSPS) is 9.85. The molecule has 0 fully saturated rings. The molecule has 2 aromatic rings. The summed E-state index contributed by atoms with van der Waals surface area (Å²) < 4.78 is 13.2. The van der Waals surface area contributed by atoms with Gasteiger partial charge in [0, 0.05) is 11.6 Å². The molecule has 1 aromatic carbocycles. The second-order valence-electron chi connectivity index (χ2n) is 2.58. The number of rotatable bonds is 0. The fraction of sp³-hybridized carbons (Fsp3) is 0. The number of hydrogen-bond acceptors (Lipinski definition) is 1. The van der Waals surface area contributed by atoms with Crippen LogP contribution in [0.15, 0.2) is 30.5 Å². The number of nitrogens with zero attached hydrogens (tertiary/aromatic N) is 2. The van der Waals surface area contributed by atoms with E-state index in [9.17, 15) is 4.39 Å². The van der Waals surface area contributed by atoms with E-state index in [2.05, 4.69) is 9.83 Å². The lowest BCUT2D eigenvalue weighted by Crippen LogP contribution is -1.81. The van der Waals surface area contributed by atoms with Crippen LogP contribution in [0, 0.1) is 12.4 Å². The molecular weight excluding hydrogens is 167 g/mol. The average molecular weight is 172 g/mol. The zero-order chi connectivity index (χ0) is 9.26. The van der Waals surface area contributed by atoms with E-state index in [-0.39, 0.29) is 5.82 Å². The lowest BCUT2D eigenvalue weighted by Gasteiger charge is -1.98. The molecule has 0 aliphatic heterocycles. The smallest absolute Gasteiger partial charge is 0.213 e. The van der Waals surface area contributed by atoms with E-state index >= 15 is 0 Å². The Morgan fingerprint density at radius 3 is 2.92 bits per heavy atom. The summed E-state index contributed by atoms with van der Waals surface area (Å²) in [6.45, 7) is 6.86. The van der Waals surface area contributed by atoms with Crippen molar-refractivity contribution < 1.29 is 4.39 Å². The molecule has 0 bridgehead atoms. The molecule has 1 heterocycles. The molecule has 0 unspecified atom stereocenters. The van der Waals surface area contributed by atoms with Crippen LogP contribution in [0.3, 0.4) is 0 Å². The van der Waals surface area contributed by atoms with E-state index in [1.165, 1.54) is 12.1 Å². The Morgan fingerprint density at radius 2 is 2.15 bits per heavy atom. The Kier molecular flexibility index (Phi) is 1.67. The van der Waals surface area contributed by atoms with Gasteiger partial charge in [0.2, 0.25) is 5.69 Å². The van der Waals surface area contributed by atoms with Crippen molar-refractivity contribution in [3.63, 3.8) is 0 Å². The van der Waals surface area contributed by atoms with Crippen molar-refractivity contribution in [1.29, 1.82) is 0 Å². The van der Waals surface area contributed by atoms with Crippen LogP contribution in [0.4, 0.5) is 10.1 Å². The topological polar surface area (TPSA) is 17.2 Å². The van der Waals surface area contributed by atoms with Crippen LogP contribution in [-0.4, -0.2) is 4.98 Å². The lowest BCUT2D eigenvalue weighted by atomic mass is 10.2. The molecule has 0 N–H and O–H groups in total. The third-order valence-corrected chi connectivity index (χ3v) is 1.82. The van der Waals surface area contributed by atoms with Gasteiger partial charge < -0.3 is 0 Å². The zero-order valence-corrected chi connectivity index (χ0v) is 6.66. The fourth-order valence-corrected chi connectivity index (χ4v) is 1.21. The van der Waals surface area contributed by atoms with Gasteiger partial charge in [-0.15, -0.1) is 0 Å². The summed E-state index contributed by atoms with van der Waals surface area (Å²) in [5.41, 5.74) is 0.814. The van der Waals surface area contributed by atoms with Gasteiger partial charge in [-0.05, 0) is 18.2 Å². The number of benzene rings is 1. The molecule has 1 aromatic heterocycles. The van der Waals surface area contributed by atoms with Gasteiger partial charge in [0.05, 0.1) is 12.1 Å². The van der Waals surface area contributed by atoms with E-state index in [0.29, 0.717) is 16.6 Å². The van der Waals surface area contributed by atoms with Crippen molar-refractivity contribution in [3.05, 3.63) is 47.7 Å². The third kappa shape index (κ3) is 1.13. The highest BCUT2D eigenvalue weighted by molar-refractivity contribution is 5.90. The van der Waals surface area contributed by atoms with Crippen LogP contribution in [-0.2, 0) is 0 Å². The first-order valence-electron chi connectivity index (χ1n) is 3.73. The van der Waals surface area contributed by atoms with Crippen molar-refractivity contribution >= 4 is 16.6 Å². The van der Waals surface area contributed by atoms with Gasteiger partial charge in [-0.3, -0.25) is 4.98 Å². The van der Waals surface area contributed by atoms with Gasteiger partial charge >= 0.3 is 0 Å². The van der Waals surface area contributed by atoms with E-state index < -0.39 is 0 Å². The van der Waals surface area contributed by atoms with Gasteiger partial charge in [0.1, 0.15) is 5.82 Å². The molecule has 62 valence electrons. The van der Waals surface area contributed by atoms with Crippen molar-refractivity contribution in [2.75, 3.05) is 0 Å². The highest BCUT2D eigenvalue weighted by Gasteiger charge is 2.04. The summed E-state index contributed by atoms with van der Waals surface area (Å²) in [5.74, 6) is -0.337. The first-order valence-corrected chi connectivity index (χ1v) is 3.73. The van der Waals surface area contributed by atoms with Crippen molar-refractivity contribution in [1.82, 2.24) is 4.98 Å². The first-order chi connectivity index (χ1) is 6.33. The number of hydrogen-bond donors (Lipinski definition) is 0. The maximum atomic E-state index is 13.2. The number of pyridine rings is 1. The van der Waals surface area contributed by atoms with Gasteiger partial charge in [-0.25, -0.2) is 9.24 Å². The zero-order valence-electron chi connectivity index (χ0n) is 6.66. The molecule has 3 heteroatoms. The van der Waals surface area contributed by atoms with Gasteiger partial charge in [-0.2, -0.15) is 0 Å². The minimum absolute atomic E-state index is 0.337. The fourth-order valence-electron chi connectivity index (χ4n) is 1.21. The predicted molar refractivity (Wildman–Crippen MR) is 48.0 cm³/mol. The molecule has 0 aliphatic rings. The van der Waals surface area contributed by atoms with Crippen LogP contribution >= 0.6 is 0 Å². The maximum Gasteiger partial charge on any atom is 0.213 e. The minimum atomic E-state index is -0.337. The molecule has 0 saturated carbocycles. The second kappa shape index (κ2) is 2.83. The van der Waals surface area contributed by atoms with E-state index in [1.807, 2.05) is 0 Å². The van der Waals surface area contributed by atoms with Crippen molar-refractivity contribution in [2.24, 2.45) is 0 Å². The van der Waals surface area contributed by atoms with E-state index in [1.54, 1.807) is 18.3 Å². The SMILES string of the molecule is [C-]#[N+]c1ccc(F)c2cccnc12. The molecule has 0 radical (unpaired) electrons. The van der Waals surface area contributed by atoms with Crippen LogP contribution in [0.1, 0.15) is 0 Å². The average Bonchev–Trinajstić information content (AvgIpc) is 2.19. The molecule has 0 atom stereocenters. The van der Waals surface area contributed by atoms with Crippen molar-refractivity contribution in [2.45, 2.75) is 0 Å². The lowest BCUT2D eigenvalue weighted by molar-refractivity contribution is 0.640. The van der Waals surface area contributed by atoms with Crippen LogP contribution in [0.5, 0.6) is 0 Å². The molecule has 0 saturated heterocycles. The number of fused-ring (bicyclic) bond motifs is 1. The molecule has 0 amide bonds. The summed E-state index contributed by atoms with van der Waals surface area (Å²) in [4.78, 5) is 7.22. The van der Waals surface area contributed by atoms with Crippen LogP contribution in [0.2, 0.25) is 0 Å². The molecule has 0 aliphatic carbocycles. The summed E-state index contributed by atoms with van der Waals surface area (Å²) in [7, 11) is 0. The molecule has 2 rings (SSSR count). The van der Waals surface area contributed by atoms with Crippen molar-refractivity contribution in [3.8, 4) is 0 Å². The highest BCUT2D eigenvalue weighted by Crippen LogP contribution is 2.25. The molecule has 2 nitrogen and oxygen atoms in total. The summed E-state index contributed by atoms with van der Waals surface area (Å²) in [6, 6.07) is 6.00. The second-order valence-corrected chi connectivity index (χ2v) is 2.58. The summed E-state index contributed by atoms with van der Waals surface area (Å²) in [6.07, 6.45) is 1.55. The van der Waals surface area contributed by atoms with E-state index in [0.717, 1.165) is 0 Å². The van der Waals surface area contributed by atoms with Gasteiger partial charge in [-0.1, -0.05) is 6.07 Å². The Morgan fingerprint density at radius 1 is 1.31 bits per heavy atom. The number of halogens is 1. The number of aromatic nitrogens is 1. The molecular formula is C10H5FN2. The largest absolute Gasteiger partial charge is 0.268 e. The van der Waals surface area contributed by atoms with Gasteiger partial charge in [0.25, 0.3) is 0 Å². The predicted octanol–water partition coefficient (Wildman–Crippen LogP) is 2.92. The first kappa shape index (κ1) is 7.69. The molecule has 0 spiro atoms. The summed E-state index contributed by atoms with van der Waals surface area (Å²) >= 11 is 0. The standard InChI is InChI=1S/C10H5FN2/c1-12-9-5-4-8(11)7-3-2-6-13-10(7)9/h2-6H. The Labute approximate surface area is 74.5 Å². The Balaban J connectivity index is 2.95. The Bertz CT molecular complexity index is 500.